The topological polar surface area (TPSA) is 59.1 Å². The number of thiophene rings is 1. The molecule has 6 nitrogen and oxygen atoms in total. The Bertz CT molecular complexity index is 1340. The average Bonchev–Trinajstić information content (AvgIpc) is 3.56. The van der Waals surface area contributed by atoms with Gasteiger partial charge >= 0.3 is 12.4 Å². The Kier molecular flexibility index (Phi) is 8.33. The third kappa shape index (κ3) is 6.87. The van der Waals surface area contributed by atoms with Crippen LogP contribution in [0.25, 0.3) is 0 Å². The Morgan fingerprint density at radius 1 is 0.900 bits per heavy atom. The maximum atomic E-state index is 13.5. The lowest BCUT2D eigenvalue weighted by Crippen LogP contribution is -2.45. The van der Waals surface area contributed by atoms with Gasteiger partial charge in [0, 0.05) is 23.0 Å². The predicted molar refractivity (Wildman–Crippen MR) is 134 cm³/mol. The monoisotopic (exact) mass is 586 g/mol. The van der Waals surface area contributed by atoms with Gasteiger partial charge in [-0.1, -0.05) is 12.1 Å². The number of amides is 2. The normalized spacial score (nSPS) is 13.0. The molecule has 2 aromatic carbocycles. The molecule has 0 aliphatic carbocycles. The number of rotatable bonds is 8. The molecule has 4 rings (SSSR count). The summed E-state index contributed by atoms with van der Waals surface area (Å²) in [5.41, 5.74) is -3.33. The molecule has 13 heteroatoms. The SMILES string of the molecule is CC(C)N(CC(=O)N(Cc1ccc2c(c1)OCO2)Cc1cccs1)C(=O)c1cc(C(F)(F)F)cc(C(F)(F)F)c1. The Morgan fingerprint density at radius 3 is 2.12 bits per heavy atom. The van der Waals surface area contributed by atoms with Crippen molar-refractivity contribution in [3.63, 3.8) is 0 Å². The highest BCUT2D eigenvalue weighted by atomic mass is 32.1. The van der Waals surface area contributed by atoms with Crippen LogP contribution in [-0.2, 0) is 30.2 Å². The molecule has 0 saturated carbocycles. The van der Waals surface area contributed by atoms with Crippen LogP contribution in [0.1, 0.15) is 45.8 Å². The Morgan fingerprint density at radius 2 is 1.55 bits per heavy atom. The summed E-state index contributed by atoms with van der Waals surface area (Å²) in [6, 6.07) is 8.75. The van der Waals surface area contributed by atoms with Crippen LogP contribution in [-0.4, -0.2) is 41.0 Å². The van der Waals surface area contributed by atoms with E-state index < -0.39 is 53.4 Å². The van der Waals surface area contributed by atoms with Crippen molar-refractivity contribution in [3.8, 4) is 11.5 Å². The Labute approximate surface area is 229 Å². The van der Waals surface area contributed by atoms with Gasteiger partial charge in [-0.2, -0.15) is 26.3 Å². The molecule has 0 radical (unpaired) electrons. The van der Waals surface area contributed by atoms with E-state index in [1.807, 2.05) is 11.4 Å². The van der Waals surface area contributed by atoms with Crippen molar-refractivity contribution in [2.75, 3.05) is 13.3 Å². The van der Waals surface area contributed by atoms with E-state index in [2.05, 4.69) is 0 Å². The Balaban J connectivity index is 1.62. The van der Waals surface area contributed by atoms with Gasteiger partial charge < -0.3 is 19.3 Å². The van der Waals surface area contributed by atoms with E-state index in [0.29, 0.717) is 29.2 Å². The largest absolute Gasteiger partial charge is 0.454 e. The minimum absolute atomic E-state index is 0.0459. The van der Waals surface area contributed by atoms with E-state index in [0.717, 1.165) is 9.78 Å². The molecule has 40 heavy (non-hydrogen) atoms. The van der Waals surface area contributed by atoms with Crippen LogP contribution in [0.2, 0.25) is 0 Å². The van der Waals surface area contributed by atoms with Gasteiger partial charge in [-0.15, -0.1) is 11.3 Å². The number of ether oxygens (including phenoxy) is 2. The van der Waals surface area contributed by atoms with Gasteiger partial charge in [0.05, 0.1) is 17.7 Å². The fourth-order valence-electron chi connectivity index (χ4n) is 4.06. The molecule has 2 heterocycles. The zero-order chi connectivity index (χ0) is 29.2. The van der Waals surface area contributed by atoms with E-state index in [-0.39, 0.29) is 25.9 Å². The average molecular weight is 587 g/mol. The van der Waals surface area contributed by atoms with Gasteiger partial charge in [-0.25, -0.2) is 0 Å². The van der Waals surface area contributed by atoms with Gasteiger partial charge in [0.15, 0.2) is 11.5 Å². The number of halogens is 6. The lowest BCUT2D eigenvalue weighted by Gasteiger charge is -2.30. The lowest BCUT2D eigenvalue weighted by molar-refractivity contribution is -0.143. The summed E-state index contributed by atoms with van der Waals surface area (Å²) in [7, 11) is 0. The van der Waals surface area contributed by atoms with Gasteiger partial charge in [0.1, 0.15) is 6.54 Å². The van der Waals surface area contributed by atoms with Crippen LogP contribution >= 0.6 is 11.3 Å². The van der Waals surface area contributed by atoms with Crippen molar-refractivity contribution in [1.29, 1.82) is 0 Å². The first-order valence-corrected chi connectivity index (χ1v) is 12.9. The number of hydrogen-bond donors (Lipinski definition) is 0. The summed E-state index contributed by atoms with van der Waals surface area (Å²) >= 11 is 1.40. The van der Waals surface area contributed by atoms with Crippen molar-refractivity contribution in [2.24, 2.45) is 0 Å². The van der Waals surface area contributed by atoms with E-state index in [1.54, 1.807) is 24.3 Å². The molecule has 1 aromatic heterocycles. The lowest BCUT2D eigenvalue weighted by atomic mass is 10.0. The highest BCUT2D eigenvalue weighted by molar-refractivity contribution is 7.09. The van der Waals surface area contributed by atoms with Crippen molar-refractivity contribution in [2.45, 2.75) is 45.3 Å². The third-order valence-electron chi connectivity index (χ3n) is 6.11. The number of carbonyl (C=O) groups excluding carboxylic acids is 2. The molecule has 3 aromatic rings. The predicted octanol–water partition coefficient (Wildman–Crippen LogP) is 6.59. The minimum Gasteiger partial charge on any atom is -0.454 e. The maximum Gasteiger partial charge on any atom is 0.416 e. The van der Waals surface area contributed by atoms with E-state index >= 15 is 0 Å². The van der Waals surface area contributed by atoms with Crippen molar-refractivity contribution in [1.82, 2.24) is 9.80 Å². The maximum absolute atomic E-state index is 13.5. The summed E-state index contributed by atoms with van der Waals surface area (Å²) in [5.74, 6) is -0.615. The fraction of sp³-hybridized carbons (Fsp3) is 0.333. The number of carbonyl (C=O) groups is 2. The molecule has 1 aliphatic heterocycles. The van der Waals surface area contributed by atoms with Crippen LogP contribution in [0, 0.1) is 0 Å². The van der Waals surface area contributed by atoms with E-state index in [4.69, 9.17) is 9.47 Å². The van der Waals surface area contributed by atoms with Gasteiger partial charge in [-0.05, 0) is 61.2 Å². The third-order valence-corrected chi connectivity index (χ3v) is 6.98. The molecule has 0 N–H and O–H groups in total. The van der Waals surface area contributed by atoms with Crippen LogP contribution in [0.3, 0.4) is 0 Å². The summed E-state index contributed by atoms with van der Waals surface area (Å²) in [5, 5.41) is 1.83. The molecular weight excluding hydrogens is 562 g/mol. The van der Waals surface area contributed by atoms with Crippen molar-refractivity contribution >= 4 is 23.2 Å². The Hall–Kier alpha value is -3.74. The highest BCUT2D eigenvalue weighted by Crippen LogP contribution is 2.37. The second kappa shape index (κ2) is 11.4. The van der Waals surface area contributed by atoms with Crippen LogP contribution in [0.5, 0.6) is 11.5 Å². The van der Waals surface area contributed by atoms with Gasteiger partial charge in [0.2, 0.25) is 12.7 Å². The number of nitrogens with zero attached hydrogens (tertiary/aromatic N) is 2. The molecule has 214 valence electrons. The van der Waals surface area contributed by atoms with E-state index in [1.165, 1.54) is 30.1 Å². The smallest absolute Gasteiger partial charge is 0.416 e. The molecule has 0 bridgehead atoms. The fourth-order valence-corrected chi connectivity index (χ4v) is 4.78. The van der Waals surface area contributed by atoms with Crippen LogP contribution < -0.4 is 9.47 Å². The first kappa shape index (κ1) is 29.2. The summed E-state index contributed by atoms with van der Waals surface area (Å²) in [6.07, 6.45) is -10.2. The highest BCUT2D eigenvalue weighted by Gasteiger charge is 2.38. The summed E-state index contributed by atoms with van der Waals surface area (Å²) < 4.78 is 91.0. The molecule has 0 saturated heterocycles. The molecule has 0 unspecified atom stereocenters. The number of fused-ring (bicyclic) bond motifs is 1. The standard InChI is InChI=1S/C27H24F6N2O4S/c1-16(2)35(25(37)18-9-19(26(28,29)30)11-20(10-18)27(31,32)33)14-24(36)34(13-21-4-3-7-40-21)12-17-5-6-22-23(8-17)39-15-38-22/h3-11,16H,12-15H2,1-2H3. The molecular formula is C27H24F6N2O4S. The quantitative estimate of drug-likeness (QED) is 0.280. The molecule has 0 atom stereocenters. The van der Waals surface area contributed by atoms with E-state index in [9.17, 15) is 35.9 Å². The molecule has 2 amide bonds. The zero-order valence-electron chi connectivity index (χ0n) is 21.3. The zero-order valence-corrected chi connectivity index (χ0v) is 22.1. The molecule has 0 spiro atoms. The number of benzene rings is 2. The minimum atomic E-state index is -5.11. The molecule has 1 aliphatic rings. The number of hydrogen-bond acceptors (Lipinski definition) is 5. The van der Waals surface area contributed by atoms with Crippen LogP contribution in [0.15, 0.2) is 53.9 Å². The van der Waals surface area contributed by atoms with Crippen LogP contribution in [0.4, 0.5) is 26.3 Å². The summed E-state index contributed by atoms with van der Waals surface area (Å²) in [4.78, 5) is 30.1. The second-order valence-corrected chi connectivity index (χ2v) is 10.4. The first-order valence-electron chi connectivity index (χ1n) is 12.0. The number of alkyl halides is 6. The van der Waals surface area contributed by atoms with Crippen molar-refractivity contribution in [3.05, 3.63) is 81.0 Å². The first-order chi connectivity index (χ1) is 18.7. The molecule has 0 fully saturated rings. The van der Waals surface area contributed by atoms with Crippen molar-refractivity contribution < 1.29 is 45.4 Å². The second-order valence-electron chi connectivity index (χ2n) is 9.34. The van der Waals surface area contributed by atoms with Gasteiger partial charge in [0.25, 0.3) is 5.91 Å². The van der Waals surface area contributed by atoms with Gasteiger partial charge in [-0.3, -0.25) is 9.59 Å². The summed E-state index contributed by atoms with van der Waals surface area (Å²) in [6.45, 7) is 2.82.